The van der Waals surface area contributed by atoms with Gasteiger partial charge in [-0.05, 0) is 99.0 Å². The molecule has 2 aromatic rings. The second-order valence-corrected chi connectivity index (χ2v) is 10.6. The summed E-state index contributed by atoms with van der Waals surface area (Å²) < 4.78 is 13.5. The molecule has 1 unspecified atom stereocenters. The van der Waals surface area contributed by atoms with Gasteiger partial charge in [-0.25, -0.2) is 4.39 Å². The summed E-state index contributed by atoms with van der Waals surface area (Å²) in [5, 5.41) is 11.3. The number of benzene rings is 1. The fourth-order valence-corrected chi connectivity index (χ4v) is 5.86. The van der Waals surface area contributed by atoms with Crippen LogP contribution in [0.25, 0.3) is 18.2 Å². The van der Waals surface area contributed by atoms with Gasteiger partial charge in [-0.1, -0.05) is 30.3 Å². The SMILES string of the molecule is C=Cc1c(C2CCN(CC(O)C3CCN(C(=O)/C=C/c4cc(F)cc(Cl)c4)CC3)CC2)c[nH]c1/C=C\C. The lowest BCUT2D eigenvalue weighted by Gasteiger charge is -2.37. The second kappa shape index (κ2) is 12.7. The lowest BCUT2D eigenvalue weighted by atomic mass is 9.87. The zero-order valence-corrected chi connectivity index (χ0v) is 22.3. The van der Waals surface area contributed by atoms with Gasteiger partial charge in [0.25, 0.3) is 0 Å². The molecule has 2 fully saturated rings. The van der Waals surface area contributed by atoms with Crippen molar-refractivity contribution in [2.75, 3.05) is 32.7 Å². The van der Waals surface area contributed by atoms with E-state index >= 15 is 0 Å². The van der Waals surface area contributed by atoms with Crippen LogP contribution in [-0.4, -0.2) is 64.6 Å². The summed E-state index contributed by atoms with van der Waals surface area (Å²) in [5.74, 6) is 0.162. The summed E-state index contributed by atoms with van der Waals surface area (Å²) >= 11 is 5.89. The van der Waals surface area contributed by atoms with Gasteiger partial charge >= 0.3 is 0 Å². The third kappa shape index (κ3) is 7.01. The number of carbonyl (C=O) groups is 1. The maximum absolute atomic E-state index is 13.5. The van der Waals surface area contributed by atoms with Crippen LogP contribution in [0.15, 0.2) is 43.1 Å². The molecule has 0 radical (unpaired) electrons. The number of halogens is 2. The van der Waals surface area contributed by atoms with Gasteiger partial charge in [0.2, 0.25) is 5.91 Å². The summed E-state index contributed by atoms with van der Waals surface area (Å²) in [4.78, 5) is 20.1. The Labute approximate surface area is 224 Å². The van der Waals surface area contributed by atoms with Crippen molar-refractivity contribution >= 4 is 35.7 Å². The molecule has 1 amide bonds. The minimum absolute atomic E-state index is 0.100. The van der Waals surface area contributed by atoms with Crippen molar-refractivity contribution in [1.82, 2.24) is 14.8 Å². The van der Waals surface area contributed by atoms with Gasteiger partial charge in [0.1, 0.15) is 5.82 Å². The average molecular weight is 526 g/mol. The van der Waals surface area contributed by atoms with Gasteiger partial charge in [0, 0.05) is 48.2 Å². The molecular formula is C30H37ClFN3O2. The van der Waals surface area contributed by atoms with E-state index in [1.54, 1.807) is 17.0 Å². The Kier molecular flexibility index (Phi) is 9.41. The van der Waals surface area contributed by atoms with Crippen LogP contribution < -0.4 is 0 Å². The molecule has 2 saturated heterocycles. The number of hydrogen-bond acceptors (Lipinski definition) is 3. The Morgan fingerprint density at radius 1 is 1.19 bits per heavy atom. The molecule has 4 rings (SSSR count). The number of piperidine rings is 2. The van der Waals surface area contributed by atoms with E-state index in [-0.39, 0.29) is 11.8 Å². The van der Waals surface area contributed by atoms with E-state index < -0.39 is 11.9 Å². The second-order valence-electron chi connectivity index (χ2n) is 10.1. The van der Waals surface area contributed by atoms with Crippen molar-refractivity contribution in [3.05, 3.63) is 76.4 Å². The normalized spacial score (nSPS) is 19.2. The van der Waals surface area contributed by atoms with Crippen LogP contribution in [-0.2, 0) is 4.79 Å². The van der Waals surface area contributed by atoms with Crippen LogP contribution in [0.3, 0.4) is 0 Å². The van der Waals surface area contributed by atoms with E-state index in [9.17, 15) is 14.3 Å². The molecular weight excluding hydrogens is 489 g/mol. The van der Waals surface area contributed by atoms with Gasteiger partial charge in [-0.3, -0.25) is 4.79 Å². The Balaban J connectivity index is 1.22. The van der Waals surface area contributed by atoms with Crippen molar-refractivity contribution in [2.45, 2.75) is 44.6 Å². The smallest absolute Gasteiger partial charge is 0.246 e. The van der Waals surface area contributed by atoms with E-state index in [1.165, 1.54) is 29.3 Å². The van der Waals surface area contributed by atoms with Crippen molar-refractivity contribution in [3.63, 3.8) is 0 Å². The standard InChI is InChI=1S/C30H37ClFN3O2/c1-3-5-28-26(4-2)27(19-33-28)22-8-12-34(13-9-22)20-29(36)23-10-14-35(15-11-23)30(37)7-6-21-16-24(31)18-25(32)17-21/h3-7,16-19,22-23,29,33,36H,2,8-15,20H2,1H3/b5-3-,7-6+. The van der Waals surface area contributed by atoms with Gasteiger partial charge in [0.15, 0.2) is 0 Å². The third-order valence-electron chi connectivity index (χ3n) is 7.69. The van der Waals surface area contributed by atoms with Gasteiger partial charge in [-0.2, -0.15) is 0 Å². The summed E-state index contributed by atoms with van der Waals surface area (Å²) in [6.07, 6.45) is 14.5. The van der Waals surface area contributed by atoms with E-state index in [2.05, 4.69) is 28.7 Å². The van der Waals surface area contributed by atoms with Crippen molar-refractivity contribution in [1.29, 1.82) is 0 Å². The molecule has 5 nitrogen and oxygen atoms in total. The van der Waals surface area contributed by atoms with Crippen LogP contribution in [0.4, 0.5) is 4.39 Å². The summed E-state index contributed by atoms with van der Waals surface area (Å²) in [6, 6.07) is 4.21. The highest BCUT2D eigenvalue weighted by Gasteiger charge is 2.30. The fourth-order valence-electron chi connectivity index (χ4n) is 5.63. The zero-order valence-electron chi connectivity index (χ0n) is 21.5. The number of aromatic amines is 1. The number of nitrogens with zero attached hydrogens (tertiary/aromatic N) is 2. The van der Waals surface area contributed by atoms with Crippen molar-refractivity contribution in [2.24, 2.45) is 5.92 Å². The maximum Gasteiger partial charge on any atom is 0.246 e. The molecule has 2 aliphatic heterocycles. The fraction of sp³-hybridized carbons (Fsp3) is 0.433. The molecule has 1 atom stereocenters. The maximum atomic E-state index is 13.5. The van der Waals surface area contributed by atoms with E-state index in [0.717, 1.165) is 44.5 Å². The Bertz CT molecular complexity index is 1120. The minimum atomic E-state index is -0.428. The highest BCUT2D eigenvalue weighted by molar-refractivity contribution is 6.30. The third-order valence-corrected chi connectivity index (χ3v) is 7.91. The molecule has 0 bridgehead atoms. The van der Waals surface area contributed by atoms with Crippen LogP contribution >= 0.6 is 11.6 Å². The molecule has 0 spiro atoms. The molecule has 198 valence electrons. The Hall–Kier alpha value is -2.67. The van der Waals surface area contributed by atoms with Crippen LogP contribution in [0.2, 0.25) is 5.02 Å². The molecule has 2 aliphatic rings. The van der Waals surface area contributed by atoms with E-state index in [1.807, 2.05) is 19.1 Å². The number of aliphatic hydroxyl groups is 1. The average Bonchev–Trinajstić information content (AvgIpc) is 3.30. The number of carbonyl (C=O) groups excluding carboxylic acids is 1. The number of aromatic nitrogens is 1. The monoisotopic (exact) mass is 525 g/mol. The number of amides is 1. The summed E-state index contributed by atoms with van der Waals surface area (Å²) in [5.41, 5.74) is 4.22. The first-order chi connectivity index (χ1) is 17.9. The van der Waals surface area contributed by atoms with Gasteiger partial charge in [-0.15, -0.1) is 0 Å². The number of rotatable bonds is 8. The van der Waals surface area contributed by atoms with Crippen LogP contribution in [0.5, 0.6) is 0 Å². The summed E-state index contributed by atoms with van der Waals surface area (Å²) in [7, 11) is 0. The number of H-pyrrole nitrogens is 1. The zero-order chi connectivity index (χ0) is 26.4. The van der Waals surface area contributed by atoms with Crippen LogP contribution in [0.1, 0.15) is 60.9 Å². The lowest BCUT2D eigenvalue weighted by Crippen LogP contribution is -2.45. The van der Waals surface area contributed by atoms with Crippen molar-refractivity contribution < 1.29 is 14.3 Å². The highest BCUT2D eigenvalue weighted by Crippen LogP contribution is 2.33. The Morgan fingerprint density at radius 2 is 1.92 bits per heavy atom. The number of allylic oxidation sites excluding steroid dienone is 1. The predicted octanol–water partition coefficient (Wildman–Crippen LogP) is 5.98. The van der Waals surface area contributed by atoms with Gasteiger partial charge < -0.3 is 19.9 Å². The Morgan fingerprint density at radius 3 is 2.57 bits per heavy atom. The molecule has 1 aromatic heterocycles. The van der Waals surface area contributed by atoms with Crippen LogP contribution in [0, 0.1) is 11.7 Å². The van der Waals surface area contributed by atoms with Gasteiger partial charge in [0.05, 0.1) is 6.10 Å². The molecule has 2 N–H and O–H groups in total. The first kappa shape index (κ1) is 27.4. The lowest BCUT2D eigenvalue weighted by molar-refractivity contribution is -0.128. The quantitative estimate of drug-likeness (QED) is 0.417. The summed E-state index contributed by atoms with van der Waals surface area (Å²) in [6.45, 7) is 9.87. The number of aliphatic hydroxyl groups excluding tert-OH is 1. The number of likely N-dealkylation sites (tertiary alicyclic amines) is 2. The minimum Gasteiger partial charge on any atom is -0.392 e. The molecule has 7 heteroatoms. The molecule has 37 heavy (non-hydrogen) atoms. The van der Waals surface area contributed by atoms with Crippen molar-refractivity contribution in [3.8, 4) is 0 Å². The largest absolute Gasteiger partial charge is 0.392 e. The molecule has 0 aliphatic carbocycles. The number of β-amino-alcohol motifs (C(OH)–C–C–N with tert-alkyl or cyclic N) is 1. The number of nitrogens with one attached hydrogen (secondary N) is 1. The number of hydrogen-bond donors (Lipinski definition) is 2. The first-order valence-corrected chi connectivity index (χ1v) is 13.6. The van der Waals surface area contributed by atoms with E-state index in [4.69, 9.17) is 11.6 Å². The molecule has 1 aromatic carbocycles. The van der Waals surface area contributed by atoms with E-state index in [0.29, 0.717) is 36.1 Å². The molecule has 0 saturated carbocycles. The topological polar surface area (TPSA) is 59.6 Å². The highest BCUT2D eigenvalue weighted by atomic mass is 35.5. The predicted molar refractivity (Wildman–Crippen MR) is 150 cm³/mol. The first-order valence-electron chi connectivity index (χ1n) is 13.2. The molecule has 3 heterocycles.